The Bertz CT molecular complexity index is 6630. The molecule has 105 heavy (non-hydrogen) atoms. The lowest BCUT2D eigenvalue weighted by atomic mass is 9.79. The number of thiophene rings is 2. The van der Waals surface area contributed by atoms with Crippen molar-refractivity contribution in [1.82, 2.24) is 29.9 Å². The third kappa shape index (κ3) is 13.0. The minimum atomic E-state index is -1.44. The highest BCUT2D eigenvalue weighted by atomic mass is 35.5. The largest absolute Gasteiger partial charge is 0.488 e. The minimum absolute atomic E-state index is 0. The Balaban J connectivity index is 0.000000126. The Hall–Kier alpha value is -12.6. The first kappa shape index (κ1) is 65.7. The van der Waals surface area contributed by atoms with Crippen LogP contribution in [0.1, 0.15) is 7.43 Å². The van der Waals surface area contributed by atoms with Crippen LogP contribution in [0.5, 0.6) is 0 Å². The van der Waals surface area contributed by atoms with Gasteiger partial charge in [-0.25, -0.2) is 19.9 Å². The van der Waals surface area contributed by atoms with Gasteiger partial charge in [0.2, 0.25) is 5.28 Å². The predicted octanol–water partition coefficient (Wildman–Crippen LogP) is 23.9. The molecule has 10 nitrogen and oxygen atoms in total. The third-order valence-corrected chi connectivity index (χ3v) is 21.3. The van der Waals surface area contributed by atoms with E-state index in [2.05, 4.69) is 203 Å². The van der Waals surface area contributed by atoms with Crippen LogP contribution in [0.4, 0.5) is 0 Å². The Morgan fingerprint density at radius 3 is 1.09 bits per heavy atom. The molecule has 0 amide bonds. The summed E-state index contributed by atoms with van der Waals surface area (Å²) < 4.78 is 17.6. The molecule has 0 bridgehead atoms. The van der Waals surface area contributed by atoms with Crippen molar-refractivity contribution in [3.8, 4) is 101 Å². The average Bonchev–Trinajstić information content (AvgIpc) is 1.66. The molecule has 6 aromatic heterocycles. The van der Waals surface area contributed by atoms with Gasteiger partial charge in [0, 0.05) is 89.7 Å². The quantitative estimate of drug-likeness (QED) is 0.127. The standard InChI is InChI=1S/C45H27N3OS.C27H16ClN3O.C18H13BO2S.CH4/c1-3-11-28(12-4-1)30-22-24-39-38(26-30)35-23-21-33(27-40(35)49-39)45-47-43(29-13-5-2-6-14-29)46-44(48-45)32-16-9-15-31(25-32)34-18-10-19-37-36-17-7-8-20-41(36)50-42(34)37;28-27-30-25(18-9-5-2-6-10-18)29-26(31-27)20-11-13-21-22-15-19(17-7-3-1-4-8-17)12-14-23(22)32-24(21)16-20;20-19(21)13-6-3-5-12(11-13)14-8-4-9-16-15-7-1-2-10-17(15)22-18(14)16;/h1-27H;1-16H;1-11,20-21H;1H4. The zero-order chi connectivity index (χ0) is 69.6. The van der Waals surface area contributed by atoms with Gasteiger partial charge in [-0.05, 0) is 128 Å². The molecule has 0 saturated heterocycles. The minimum Gasteiger partial charge on any atom is -0.456 e. The highest BCUT2D eigenvalue weighted by Crippen LogP contribution is 2.43. The Labute approximate surface area is 617 Å². The summed E-state index contributed by atoms with van der Waals surface area (Å²) in [4.78, 5) is 28.4. The van der Waals surface area contributed by atoms with E-state index in [0.717, 1.165) is 99.5 Å². The normalized spacial score (nSPS) is 11.3. The molecule has 0 fully saturated rings. The zero-order valence-electron chi connectivity index (χ0n) is 55.3. The summed E-state index contributed by atoms with van der Waals surface area (Å²) in [7, 11) is -1.44. The number of fused-ring (bicyclic) bond motifs is 12. The molecular formula is C91H60BClN6O4S2. The fourth-order valence-corrected chi connectivity index (χ4v) is 16.3. The lowest BCUT2D eigenvalue weighted by Gasteiger charge is -2.10. The second-order valence-corrected chi connectivity index (χ2v) is 27.7. The molecule has 0 aliphatic carbocycles. The molecule has 6 heterocycles. The Kier molecular flexibility index (Phi) is 17.7. The molecule has 14 aromatic carbocycles. The van der Waals surface area contributed by atoms with E-state index in [9.17, 15) is 10.0 Å². The van der Waals surface area contributed by atoms with Crippen LogP contribution < -0.4 is 5.46 Å². The van der Waals surface area contributed by atoms with Crippen LogP contribution in [-0.4, -0.2) is 47.1 Å². The first-order valence-corrected chi connectivity index (χ1v) is 36.0. The van der Waals surface area contributed by atoms with Crippen LogP contribution in [0.15, 0.2) is 336 Å². The first-order valence-electron chi connectivity index (χ1n) is 33.9. The van der Waals surface area contributed by atoms with Gasteiger partial charge in [0.1, 0.15) is 22.3 Å². The number of rotatable bonds is 10. The maximum atomic E-state index is 9.38. The van der Waals surface area contributed by atoms with Crippen molar-refractivity contribution in [1.29, 1.82) is 0 Å². The van der Waals surface area contributed by atoms with Crippen LogP contribution in [0.25, 0.3) is 186 Å². The van der Waals surface area contributed by atoms with Gasteiger partial charge in [-0.1, -0.05) is 268 Å². The lowest BCUT2D eigenvalue weighted by Crippen LogP contribution is -2.29. The average molecular weight is 1410 g/mol. The second-order valence-electron chi connectivity index (χ2n) is 25.2. The van der Waals surface area contributed by atoms with Crippen LogP contribution >= 0.6 is 34.3 Å². The highest BCUT2D eigenvalue weighted by molar-refractivity contribution is 7.26. The van der Waals surface area contributed by atoms with Crippen molar-refractivity contribution in [3.63, 3.8) is 0 Å². The number of hydrogen-bond donors (Lipinski definition) is 2. The van der Waals surface area contributed by atoms with Crippen molar-refractivity contribution in [2.45, 2.75) is 7.43 Å². The van der Waals surface area contributed by atoms with Crippen LogP contribution in [0, 0.1) is 0 Å². The van der Waals surface area contributed by atoms with E-state index < -0.39 is 7.12 Å². The third-order valence-electron chi connectivity index (χ3n) is 18.7. The smallest absolute Gasteiger partial charge is 0.456 e. The molecular weight excluding hydrogens is 1350 g/mol. The van der Waals surface area contributed by atoms with Gasteiger partial charge in [0.15, 0.2) is 29.1 Å². The summed E-state index contributed by atoms with van der Waals surface area (Å²) in [5.74, 6) is 2.89. The number of furan rings is 2. The zero-order valence-corrected chi connectivity index (χ0v) is 57.7. The summed E-state index contributed by atoms with van der Waals surface area (Å²) in [5, 5.41) is 28.3. The molecule has 500 valence electrons. The van der Waals surface area contributed by atoms with Gasteiger partial charge in [0.25, 0.3) is 0 Å². The van der Waals surface area contributed by atoms with Crippen molar-refractivity contribution in [2.75, 3.05) is 0 Å². The van der Waals surface area contributed by atoms with Gasteiger partial charge in [-0.15, -0.1) is 22.7 Å². The van der Waals surface area contributed by atoms with Gasteiger partial charge < -0.3 is 18.9 Å². The fraction of sp³-hybridized carbons (Fsp3) is 0.0110. The number of benzene rings is 14. The molecule has 2 N–H and O–H groups in total. The van der Waals surface area contributed by atoms with E-state index in [-0.39, 0.29) is 12.7 Å². The summed E-state index contributed by atoms with van der Waals surface area (Å²) in [6.45, 7) is 0. The van der Waals surface area contributed by atoms with Crippen LogP contribution in [-0.2, 0) is 0 Å². The molecule has 20 rings (SSSR count). The maximum Gasteiger partial charge on any atom is 0.488 e. The van der Waals surface area contributed by atoms with E-state index in [1.165, 1.54) is 57.0 Å². The number of nitrogens with zero attached hydrogens (tertiary/aromatic N) is 6. The monoisotopic (exact) mass is 1410 g/mol. The number of halogens is 1. The van der Waals surface area contributed by atoms with Crippen LogP contribution in [0.2, 0.25) is 5.28 Å². The highest BCUT2D eigenvalue weighted by Gasteiger charge is 2.20. The van der Waals surface area contributed by atoms with E-state index >= 15 is 0 Å². The molecule has 0 unspecified atom stereocenters. The van der Waals surface area contributed by atoms with Gasteiger partial charge >= 0.3 is 7.12 Å². The SMILES string of the molecule is C.Clc1nc(-c2ccccc2)nc(-c2ccc3c(c2)oc2ccc(-c4ccccc4)cc23)n1.OB(O)c1cccc(-c2cccc3c2sc2ccccc23)c1.c1ccc(-c2ccc3oc4cc(-c5nc(-c6ccccc6)nc(-c6cccc(-c7cccc8c7sc7ccccc78)c6)n5)ccc4c3c2)cc1. The molecule has 0 aliphatic rings. The fourth-order valence-electron chi connectivity index (χ4n) is 13.6. The van der Waals surface area contributed by atoms with E-state index in [4.69, 9.17) is 35.4 Å². The molecule has 0 saturated carbocycles. The Morgan fingerprint density at radius 1 is 0.257 bits per heavy atom. The topological polar surface area (TPSA) is 144 Å². The van der Waals surface area contributed by atoms with Gasteiger partial charge in [-0.2, -0.15) is 9.97 Å². The molecule has 0 aliphatic heterocycles. The maximum absolute atomic E-state index is 9.38. The number of hydrogen-bond acceptors (Lipinski definition) is 12. The van der Waals surface area contributed by atoms with Crippen LogP contribution in [0.3, 0.4) is 0 Å². The molecule has 14 heteroatoms. The van der Waals surface area contributed by atoms with Gasteiger partial charge in [0.05, 0.1) is 0 Å². The number of aromatic nitrogens is 6. The van der Waals surface area contributed by atoms with Crippen molar-refractivity contribution in [3.05, 3.63) is 333 Å². The Morgan fingerprint density at radius 2 is 0.610 bits per heavy atom. The molecule has 0 atom stereocenters. The van der Waals surface area contributed by atoms with Crippen molar-refractivity contribution >= 4 is 131 Å². The predicted molar refractivity (Wildman–Crippen MR) is 437 cm³/mol. The second kappa shape index (κ2) is 28.3. The molecule has 0 spiro atoms. The van der Waals surface area contributed by atoms with Crippen molar-refractivity contribution < 1.29 is 18.9 Å². The van der Waals surface area contributed by atoms with Crippen molar-refractivity contribution in [2.24, 2.45) is 0 Å². The first-order chi connectivity index (χ1) is 51.2. The molecule has 20 aromatic rings. The summed E-state index contributed by atoms with van der Waals surface area (Å²) >= 11 is 9.83. The van der Waals surface area contributed by atoms with Gasteiger partial charge in [-0.3, -0.25) is 0 Å². The molecule has 0 radical (unpaired) electrons. The summed E-state index contributed by atoms with van der Waals surface area (Å²) in [5.41, 5.74) is 17.3. The van der Waals surface area contributed by atoms with E-state index in [0.29, 0.717) is 34.6 Å². The summed E-state index contributed by atoms with van der Waals surface area (Å²) in [6, 6.07) is 111. The van der Waals surface area contributed by atoms with E-state index in [1.54, 1.807) is 17.4 Å². The lowest BCUT2D eigenvalue weighted by molar-refractivity contribution is 0.426. The summed E-state index contributed by atoms with van der Waals surface area (Å²) in [6.07, 6.45) is 0. The van der Waals surface area contributed by atoms with E-state index in [1.807, 2.05) is 145 Å².